The summed E-state index contributed by atoms with van der Waals surface area (Å²) in [5, 5.41) is 6.87. The van der Waals surface area contributed by atoms with E-state index in [1.807, 2.05) is 19.2 Å². The Kier molecular flexibility index (Phi) is 6.10. The smallest absolute Gasteiger partial charge is 0.191 e. The lowest BCUT2D eigenvalue weighted by Crippen LogP contribution is -2.41. The number of hydrogen-bond acceptors (Lipinski definition) is 2. The molecule has 0 saturated heterocycles. The van der Waals surface area contributed by atoms with E-state index in [0.717, 1.165) is 24.8 Å². The first-order valence-electron chi connectivity index (χ1n) is 8.34. The van der Waals surface area contributed by atoms with Crippen molar-refractivity contribution in [3.63, 3.8) is 0 Å². The van der Waals surface area contributed by atoms with Gasteiger partial charge in [0.15, 0.2) is 5.96 Å². The van der Waals surface area contributed by atoms with Crippen molar-refractivity contribution in [3.05, 3.63) is 29.8 Å². The molecular formula is C18H29N3O. The van der Waals surface area contributed by atoms with Gasteiger partial charge in [-0.1, -0.05) is 38.0 Å². The molecule has 0 bridgehead atoms. The van der Waals surface area contributed by atoms with Gasteiger partial charge >= 0.3 is 0 Å². The number of nitrogens with one attached hydrogen (secondary N) is 2. The highest BCUT2D eigenvalue weighted by Crippen LogP contribution is 2.50. The van der Waals surface area contributed by atoms with E-state index in [1.165, 1.54) is 37.7 Å². The van der Waals surface area contributed by atoms with E-state index in [0.29, 0.717) is 0 Å². The Bertz CT molecular complexity index is 495. The first-order valence-corrected chi connectivity index (χ1v) is 8.34. The molecule has 0 aromatic heterocycles. The van der Waals surface area contributed by atoms with Gasteiger partial charge in [0.05, 0.1) is 7.11 Å². The van der Waals surface area contributed by atoms with Gasteiger partial charge in [-0.3, -0.25) is 4.99 Å². The molecule has 1 aliphatic carbocycles. The van der Waals surface area contributed by atoms with Crippen LogP contribution in [-0.2, 0) is 5.41 Å². The second-order valence-corrected chi connectivity index (χ2v) is 6.04. The number of benzene rings is 1. The minimum absolute atomic E-state index is 0.202. The first kappa shape index (κ1) is 16.7. The fraction of sp³-hybridized carbons (Fsp3) is 0.611. The molecule has 1 saturated carbocycles. The molecule has 0 spiro atoms. The molecule has 1 aromatic rings. The van der Waals surface area contributed by atoms with E-state index in [2.05, 4.69) is 34.7 Å². The van der Waals surface area contributed by atoms with E-state index >= 15 is 0 Å². The van der Waals surface area contributed by atoms with Crippen molar-refractivity contribution in [3.8, 4) is 5.75 Å². The summed E-state index contributed by atoms with van der Waals surface area (Å²) in [6, 6.07) is 8.36. The van der Waals surface area contributed by atoms with Crippen LogP contribution >= 0.6 is 0 Å². The van der Waals surface area contributed by atoms with E-state index in [9.17, 15) is 0 Å². The summed E-state index contributed by atoms with van der Waals surface area (Å²) >= 11 is 0. The predicted molar refractivity (Wildman–Crippen MR) is 92.8 cm³/mol. The van der Waals surface area contributed by atoms with Crippen molar-refractivity contribution in [2.75, 3.05) is 27.2 Å². The summed E-state index contributed by atoms with van der Waals surface area (Å²) < 4.78 is 5.52. The third-order valence-electron chi connectivity index (χ3n) is 4.42. The Morgan fingerprint density at radius 3 is 2.64 bits per heavy atom. The standard InChI is InChI=1S/C18H29N3O/c1-4-5-8-13-20-17(19-2)21-14-18(11-12-18)15-9-6-7-10-16(15)22-3/h6-7,9-10H,4-5,8,11-14H2,1-3H3,(H2,19,20,21). The summed E-state index contributed by atoms with van der Waals surface area (Å²) in [5.41, 5.74) is 1.51. The second kappa shape index (κ2) is 8.06. The highest BCUT2D eigenvalue weighted by molar-refractivity contribution is 5.79. The molecular weight excluding hydrogens is 274 g/mol. The Labute approximate surface area is 134 Å². The maximum Gasteiger partial charge on any atom is 0.191 e. The van der Waals surface area contributed by atoms with Gasteiger partial charge < -0.3 is 15.4 Å². The van der Waals surface area contributed by atoms with Crippen LogP contribution in [0.25, 0.3) is 0 Å². The number of para-hydroxylation sites is 1. The Hall–Kier alpha value is -1.71. The van der Waals surface area contributed by atoms with Crippen molar-refractivity contribution in [1.82, 2.24) is 10.6 Å². The van der Waals surface area contributed by atoms with Crippen molar-refractivity contribution in [2.24, 2.45) is 4.99 Å². The van der Waals surface area contributed by atoms with Gasteiger partial charge in [-0.25, -0.2) is 0 Å². The maximum atomic E-state index is 5.52. The number of ether oxygens (including phenoxy) is 1. The number of hydrogen-bond donors (Lipinski definition) is 2. The van der Waals surface area contributed by atoms with Crippen LogP contribution in [0.1, 0.15) is 44.6 Å². The zero-order chi connectivity index (χ0) is 15.8. The molecule has 0 atom stereocenters. The summed E-state index contributed by atoms with van der Waals surface area (Å²) in [6.07, 6.45) is 6.09. The lowest BCUT2D eigenvalue weighted by molar-refractivity contribution is 0.403. The van der Waals surface area contributed by atoms with Crippen LogP contribution in [0.3, 0.4) is 0 Å². The SMILES string of the molecule is CCCCCNC(=NC)NCC1(c2ccccc2OC)CC1. The molecule has 22 heavy (non-hydrogen) atoms. The zero-order valence-corrected chi connectivity index (χ0v) is 14.1. The lowest BCUT2D eigenvalue weighted by Gasteiger charge is -2.21. The molecule has 1 fully saturated rings. The fourth-order valence-corrected chi connectivity index (χ4v) is 2.83. The van der Waals surface area contributed by atoms with Gasteiger partial charge in [0.1, 0.15) is 5.75 Å². The minimum atomic E-state index is 0.202. The monoisotopic (exact) mass is 303 g/mol. The normalized spacial score (nSPS) is 16.2. The van der Waals surface area contributed by atoms with E-state index < -0.39 is 0 Å². The molecule has 0 radical (unpaired) electrons. The van der Waals surface area contributed by atoms with Crippen LogP contribution in [0.5, 0.6) is 5.75 Å². The highest BCUT2D eigenvalue weighted by Gasteiger charge is 2.45. The molecule has 122 valence electrons. The third-order valence-corrected chi connectivity index (χ3v) is 4.42. The number of guanidine groups is 1. The van der Waals surface area contributed by atoms with Crippen molar-refractivity contribution < 1.29 is 4.74 Å². The molecule has 4 heteroatoms. The minimum Gasteiger partial charge on any atom is -0.496 e. The van der Waals surface area contributed by atoms with Crippen molar-refractivity contribution in [1.29, 1.82) is 0 Å². The molecule has 0 unspecified atom stereocenters. The summed E-state index contributed by atoms with van der Waals surface area (Å²) in [5.74, 6) is 1.89. The van der Waals surface area contributed by atoms with Crippen LogP contribution in [0.15, 0.2) is 29.3 Å². The van der Waals surface area contributed by atoms with E-state index in [-0.39, 0.29) is 5.41 Å². The topological polar surface area (TPSA) is 45.7 Å². The fourth-order valence-electron chi connectivity index (χ4n) is 2.83. The highest BCUT2D eigenvalue weighted by atomic mass is 16.5. The summed E-state index contributed by atoms with van der Waals surface area (Å²) in [7, 11) is 3.58. The number of rotatable bonds is 8. The predicted octanol–water partition coefficient (Wildman–Crippen LogP) is 3.08. The maximum absolute atomic E-state index is 5.52. The summed E-state index contributed by atoms with van der Waals surface area (Å²) in [6.45, 7) is 4.10. The van der Waals surface area contributed by atoms with Crippen LogP contribution in [0, 0.1) is 0 Å². The van der Waals surface area contributed by atoms with Crippen LogP contribution < -0.4 is 15.4 Å². The van der Waals surface area contributed by atoms with Gasteiger partial charge in [-0.05, 0) is 25.3 Å². The number of unbranched alkanes of at least 4 members (excludes halogenated alkanes) is 2. The Balaban J connectivity index is 1.90. The lowest BCUT2D eigenvalue weighted by atomic mass is 9.95. The molecule has 2 N–H and O–H groups in total. The Morgan fingerprint density at radius 1 is 1.23 bits per heavy atom. The first-order chi connectivity index (χ1) is 10.8. The van der Waals surface area contributed by atoms with E-state index in [1.54, 1.807) is 7.11 Å². The average molecular weight is 303 g/mol. The molecule has 1 aromatic carbocycles. The molecule has 0 aliphatic heterocycles. The number of methoxy groups -OCH3 is 1. The van der Waals surface area contributed by atoms with Crippen molar-refractivity contribution in [2.45, 2.75) is 44.4 Å². The molecule has 4 nitrogen and oxygen atoms in total. The van der Waals surface area contributed by atoms with Gasteiger partial charge in [0.2, 0.25) is 0 Å². The zero-order valence-electron chi connectivity index (χ0n) is 14.1. The third kappa shape index (κ3) is 4.15. The van der Waals surface area contributed by atoms with Crippen LogP contribution in [0.4, 0.5) is 0 Å². The van der Waals surface area contributed by atoms with Gasteiger partial charge in [0, 0.05) is 31.1 Å². The number of nitrogens with zero attached hydrogens (tertiary/aromatic N) is 1. The molecule has 0 amide bonds. The average Bonchev–Trinajstić information content (AvgIpc) is 3.35. The second-order valence-electron chi connectivity index (χ2n) is 6.04. The Morgan fingerprint density at radius 2 is 2.00 bits per heavy atom. The van der Waals surface area contributed by atoms with E-state index in [4.69, 9.17) is 4.74 Å². The molecule has 0 heterocycles. The van der Waals surface area contributed by atoms with Gasteiger partial charge in [0.25, 0.3) is 0 Å². The van der Waals surface area contributed by atoms with Gasteiger partial charge in [-0.15, -0.1) is 0 Å². The van der Waals surface area contributed by atoms with Gasteiger partial charge in [-0.2, -0.15) is 0 Å². The summed E-state index contributed by atoms with van der Waals surface area (Å²) in [4.78, 5) is 4.32. The molecule has 1 aliphatic rings. The van der Waals surface area contributed by atoms with Crippen LogP contribution in [-0.4, -0.2) is 33.2 Å². The van der Waals surface area contributed by atoms with Crippen LogP contribution in [0.2, 0.25) is 0 Å². The number of aliphatic imine (C=N–C) groups is 1. The molecule has 2 rings (SSSR count). The largest absolute Gasteiger partial charge is 0.496 e. The van der Waals surface area contributed by atoms with Crippen molar-refractivity contribution >= 4 is 5.96 Å². The quantitative estimate of drug-likeness (QED) is 0.441.